The van der Waals surface area contributed by atoms with Gasteiger partial charge in [-0.05, 0) is 38.8 Å². The first kappa shape index (κ1) is 24.2. The maximum atomic E-state index is 13.2. The van der Waals surface area contributed by atoms with Crippen LogP contribution in [0.5, 0.6) is 5.88 Å². The minimum atomic E-state index is -2.95. The van der Waals surface area contributed by atoms with Gasteiger partial charge < -0.3 is 20.5 Å². The fraction of sp³-hybridized carbons (Fsp3) is 0.435. The van der Waals surface area contributed by atoms with Crippen molar-refractivity contribution in [1.82, 2.24) is 9.88 Å². The van der Waals surface area contributed by atoms with Crippen molar-refractivity contribution in [2.24, 2.45) is 10.7 Å². The van der Waals surface area contributed by atoms with Crippen LogP contribution in [-0.4, -0.2) is 47.1 Å². The second-order valence-corrected chi connectivity index (χ2v) is 8.98. The number of pyridine rings is 1. The molecule has 1 amide bonds. The number of amides is 1. The van der Waals surface area contributed by atoms with Gasteiger partial charge in [0.05, 0.1) is 40.7 Å². The van der Waals surface area contributed by atoms with E-state index >= 15 is 0 Å². The normalized spacial score (nSPS) is 25.3. The molecule has 182 valence electrons. The molecule has 0 radical (unpaired) electrons. The molecular weight excluding hydrogens is 468 g/mol. The number of nitrogens with two attached hydrogens (primary N) is 1. The molecule has 0 unspecified atom stereocenters. The van der Waals surface area contributed by atoms with E-state index in [9.17, 15) is 13.6 Å². The van der Waals surface area contributed by atoms with Gasteiger partial charge in [-0.3, -0.25) is 9.69 Å². The maximum Gasteiger partial charge on any atom is 0.388 e. The topological polar surface area (TPSA) is 102 Å². The molecule has 34 heavy (non-hydrogen) atoms. The first-order valence-corrected chi connectivity index (χ1v) is 11.3. The Hall–Kier alpha value is -2.98. The van der Waals surface area contributed by atoms with E-state index in [1.165, 1.54) is 12.3 Å². The molecule has 1 aromatic carbocycles. The second-order valence-electron chi connectivity index (χ2n) is 8.60. The number of rotatable bonds is 6. The summed E-state index contributed by atoms with van der Waals surface area (Å²) in [6.07, 6.45) is 2.93. The molecule has 3 heterocycles. The lowest BCUT2D eigenvalue weighted by Crippen LogP contribution is -2.56. The average Bonchev–Trinajstić information content (AvgIpc) is 2.75. The van der Waals surface area contributed by atoms with Crippen LogP contribution in [0.25, 0.3) is 0 Å². The third kappa shape index (κ3) is 5.07. The van der Waals surface area contributed by atoms with E-state index < -0.39 is 12.2 Å². The molecular formula is C23H26ClF2N5O3. The van der Waals surface area contributed by atoms with Crippen LogP contribution in [-0.2, 0) is 15.1 Å². The number of carbonyl (C=O) groups is 1. The van der Waals surface area contributed by atoms with E-state index in [0.717, 1.165) is 0 Å². The van der Waals surface area contributed by atoms with E-state index in [0.29, 0.717) is 41.4 Å². The number of carbonyl (C=O) groups excluding carboxylic acids is 1. The van der Waals surface area contributed by atoms with Crippen LogP contribution in [0.4, 0.5) is 20.2 Å². The lowest BCUT2D eigenvalue weighted by Gasteiger charge is -2.41. The fourth-order valence-corrected chi connectivity index (χ4v) is 4.80. The van der Waals surface area contributed by atoms with Gasteiger partial charge in [-0.15, -0.1) is 0 Å². The van der Waals surface area contributed by atoms with Crippen molar-refractivity contribution in [3.8, 4) is 5.88 Å². The van der Waals surface area contributed by atoms with Gasteiger partial charge in [0.15, 0.2) is 5.96 Å². The summed E-state index contributed by atoms with van der Waals surface area (Å²) >= 11 is 6.72. The fourth-order valence-electron chi connectivity index (χ4n) is 4.42. The van der Waals surface area contributed by atoms with Gasteiger partial charge in [0.2, 0.25) is 11.8 Å². The SMILES string of the molecule is C[C@H]1C[C@H](N2C(=O)C[C@@](C)(c3cccc(Nc4ccc(OC(F)F)nc4)c3Cl)N=C2N)CCO1. The third-order valence-electron chi connectivity index (χ3n) is 6.00. The molecule has 1 saturated heterocycles. The van der Waals surface area contributed by atoms with Crippen molar-refractivity contribution < 1.29 is 23.0 Å². The highest BCUT2D eigenvalue weighted by Crippen LogP contribution is 2.41. The van der Waals surface area contributed by atoms with Gasteiger partial charge >= 0.3 is 6.61 Å². The number of ether oxygens (including phenoxy) is 2. The first-order valence-electron chi connectivity index (χ1n) is 10.9. The number of halogens is 3. The largest absolute Gasteiger partial charge is 0.417 e. The van der Waals surface area contributed by atoms with E-state index in [4.69, 9.17) is 27.1 Å². The molecule has 0 aliphatic carbocycles. The maximum absolute atomic E-state index is 13.2. The molecule has 1 fully saturated rings. The highest BCUT2D eigenvalue weighted by molar-refractivity contribution is 6.34. The number of aliphatic imine (C=N–C) groups is 1. The minimum absolute atomic E-state index is 0.0439. The summed E-state index contributed by atoms with van der Waals surface area (Å²) in [5, 5.41) is 3.48. The van der Waals surface area contributed by atoms with Gasteiger partial charge in [0.25, 0.3) is 0 Å². The Bertz CT molecular complexity index is 1080. The number of anilines is 2. The highest BCUT2D eigenvalue weighted by atomic mass is 35.5. The second kappa shape index (κ2) is 9.71. The molecule has 0 bridgehead atoms. The standard InChI is InChI=1S/C23H26ClF2N5O3/c1-13-10-15(8-9-33-13)31-19(32)11-23(2,30-22(31)27)16-4-3-5-17(20(16)24)29-14-6-7-18(28-12-14)34-21(25)26/h3-7,12-13,15,21,29H,8-11H2,1-2H3,(H2,27,30)/t13-,15+,23-/m0/s1. The summed E-state index contributed by atoms with van der Waals surface area (Å²) < 4.78 is 34.5. The van der Waals surface area contributed by atoms with Crippen molar-refractivity contribution in [2.45, 2.75) is 57.4 Å². The minimum Gasteiger partial charge on any atom is -0.417 e. The predicted molar refractivity (Wildman–Crippen MR) is 124 cm³/mol. The van der Waals surface area contributed by atoms with Crippen LogP contribution in [0.2, 0.25) is 5.02 Å². The number of benzene rings is 1. The predicted octanol–water partition coefficient (Wildman–Crippen LogP) is 4.41. The zero-order valence-electron chi connectivity index (χ0n) is 18.8. The van der Waals surface area contributed by atoms with Gasteiger partial charge in [-0.1, -0.05) is 23.7 Å². The van der Waals surface area contributed by atoms with Crippen LogP contribution < -0.4 is 15.8 Å². The number of nitrogens with zero attached hydrogens (tertiary/aromatic N) is 3. The Morgan fingerprint density at radius 2 is 2.15 bits per heavy atom. The summed E-state index contributed by atoms with van der Waals surface area (Å²) in [4.78, 5) is 23.3. The number of hydrogen-bond donors (Lipinski definition) is 2. The zero-order valence-corrected chi connectivity index (χ0v) is 19.6. The Morgan fingerprint density at radius 1 is 1.35 bits per heavy atom. The van der Waals surface area contributed by atoms with Gasteiger partial charge in [-0.25, -0.2) is 9.98 Å². The molecule has 4 rings (SSSR count). The van der Waals surface area contributed by atoms with Crippen molar-refractivity contribution in [3.63, 3.8) is 0 Å². The lowest BCUT2D eigenvalue weighted by molar-refractivity contribution is -0.133. The number of guanidine groups is 1. The Labute approximate surface area is 201 Å². The third-order valence-corrected chi connectivity index (χ3v) is 6.41. The Kier molecular flexibility index (Phi) is 6.90. The Morgan fingerprint density at radius 3 is 2.79 bits per heavy atom. The molecule has 11 heteroatoms. The van der Waals surface area contributed by atoms with Crippen LogP contribution in [0.1, 0.15) is 38.7 Å². The Balaban J connectivity index is 1.57. The van der Waals surface area contributed by atoms with Gasteiger partial charge in [-0.2, -0.15) is 8.78 Å². The monoisotopic (exact) mass is 493 g/mol. The first-order chi connectivity index (χ1) is 16.2. The molecule has 0 saturated carbocycles. The van der Waals surface area contributed by atoms with Crippen LogP contribution in [0.15, 0.2) is 41.5 Å². The summed E-state index contributed by atoms with van der Waals surface area (Å²) in [6.45, 7) is 1.43. The van der Waals surface area contributed by atoms with Crippen LogP contribution >= 0.6 is 11.6 Å². The molecule has 2 aliphatic heterocycles. The molecule has 3 atom stereocenters. The summed E-state index contributed by atoms with van der Waals surface area (Å²) in [6, 6.07) is 8.18. The van der Waals surface area contributed by atoms with Crippen LogP contribution in [0.3, 0.4) is 0 Å². The number of hydrogen-bond acceptors (Lipinski definition) is 7. The molecule has 8 nitrogen and oxygen atoms in total. The average molecular weight is 494 g/mol. The summed E-state index contributed by atoms with van der Waals surface area (Å²) in [5.41, 5.74) is 7.06. The summed E-state index contributed by atoms with van der Waals surface area (Å²) in [5.74, 6) is -0.129. The number of nitrogens with one attached hydrogen (secondary N) is 1. The van der Waals surface area contributed by atoms with Crippen molar-refractivity contribution in [3.05, 3.63) is 47.1 Å². The van der Waals surface area contributed by atoms with E-state index in [-0.39, 0.29) is 36.3 Å². The van der Waals surface area contributed by atoms with E-state index in [1.807, 2.05) is 19.9 Å². The lowest BCUT2D eigenvalue weighted by atomic mass is 9.86. The quantitative estimate of drug-likeness (QED) is 0.618. The van der Waals surface area contributed by atoms with Crippen molar-refractivity contribution >= 4 is 34.8 Å². The van der Waals surface area contributed by atoms with Gasteiger partial charge in [0.1, 0.15) is 0 Å². The van der Waals surface area contributed by atoms with Gasteiger partial charge in [0, 0.05) is 24.3 Å². The molecule has 2 aliphatic rings. The van der Waals surface area contributed by atoms with Crippen molar-refractivity contribution in [2.75, 3.05) is 11.9 Å². The smallest absolute Gasteiger partial charge is 0.388 e. The molecule has 3 N–H and O–H groups in total. The molecule has 0 spiro atoms. The van der Waals surface area contributed by atoms with Crippen molar-refractivity contribution in [1.29, 1.82) is 0 Å². The van der Waals surface area contributed by atoms with E-state index in [2.05, 4.69) is 15.0 Å². The van der Waals surface area contributed by atoms with E-state index in [1.54, 1.807) is 23.1 Å². The number of aromatic nitrogens is 1. The summed E-state index contributed by atoms with van der Waals surface area (Å²) in [7, 11) is 0. The number of alkyl halides is 2. The molecule has 1 aromatic heterocycles. The van der Waals surface area contributed by atoms with Crippen LogP contribution in [0, 0.1) is 0 Å². The highest BCUT2D eigenvalue weighted by Gasteiger charge is 2.42. The zero-order chi connectivity index (χ0) is 24.5. The molecule has 2 aromatic rings.